The molecule has 17 heavy (non-hydrogen) atoms. The van der Waals surface area contributed by atoms with Crippen LogP contribution in [0.3, 0.4) is 0 Å². The number of aromatic carboxylic acids is 1. The lowest BCUT2D eigenvalue weighted by Crippen LogP contribution is -2.01. The number of rotatable bonds is 5. The highest BCUT2D eigenvalue weighted by Crippen LogP contribution is 2.24. The Labute approximate surface area is 96.1 Å². The fraction of sp³-hybridized carbons (Fsp3) is 0.273. The number of aryl methyl sites for hydroxylation is 1. The van der Waals surface area contributed by atoms with Gasteiger partial charge in [0.25, 0.3) is 0 Å². The predicted molar refractivity (Wildman–Crippen MR) is 55.6 cm³/mol. The number of aromatic hydroxyl groups is 1. The molecule has 5 nitrogen and oxygen atoms in total. The number of benzene rings is 1. The van der Waals surface area contributed by atoms with Crippen LogP contribution in [-0.4, -0.2) is 27.3 Å². The minimum atomic E-state index is -1.43. The van der Waals surface area contributed by atoms with Crippen LogP contribution >= 0.6 is 0 Å². The van der Waals surface area contributed by atoms with Crippen molar-refractivity contribution in [3.05, 3.63) is 29.1 Å². The lowest BCUT2D eigenvalue weighted by molar-refractivity contribution is -0.137. The smallest absolute Gasteiger partial charge is 0.339 e. The minimum Gasteiger partial charge on any atom is -0.504 e. The molecular formula is C11H11FO5. The van der Waals surface area contributed by atoms with E-state index in [1.54, 1.807) is 0 Å². The summed E-state index contributed by atoms with van der Waals surface area (Å²) in [5.41, 5.74) is -0.172. The van der Waals surface area contributed by atoms with E-state index >= 15 is 0 Å². The number of carbonyl (C=O) groups is 2. The van der Waals surface area contributed by atoms with Crippen LogP contribution in [0.15, 0.2) is 12.1 Å². The number of phenols is 1. The van der Waals surface area contributed by atoms with E-state index in [2.05, 4.69) is 0 Å². The van der Waals surface area contributed by atoms with Gasteiger partial charge in [-0.1, -0.05) is 0 Å². The van der Waals surface area contributed by atoms with Crippen LogP contribution in [0.4, 0.5) is 4.39 Å². The van der Waals surface area contributed by atoms with Gasteiger partial charge in [-0.3, -0.25) is 4.79 Å². The Morgan fingerprint density at radius 1 is 1.24 bits per heavy atom. The molecule has 0 aliphatic rings. The number of hydrogen-bond acceptors (Lipinski definition) is 3. The molecule has 1 rings (SSSR count). The van der Waals surface area contributed by atoms with Gasteiger partial charge in [0.2, 0.25) is 0 Å². The third-order valence-corrected chi connectivity index (χ3v) is 2.21. The Morgan fingerprint density at radius 3 is 2.41 bits per heavy atom. The van der Waals surface area contributed by atoms with Crippen molar-refractivity contribution in [3.63, 3.8) is 0 Å². The topological polar surface area (TPSA) is 94.8 Å². The minimum absolute atomic E-state index is 0.0785. The summed E-state index contributed by atoms with van der Waals surface area (Å²) in [6, 6.07) is 2.15. The third-order valence-electron chi connectivity index (χ3n) is 2.21. The predicted octanol–water partition coefficient (Wildman–Crippen LogP) is 1.64. The van der Waals surface area contributed by atoms with Crippen LogP contribution in [0.2, 0.25) is 0 Å². The van der Waals surface area contributed by atoms with Crippen molar-refractivity contribution in [3.8, 4) is 5.75 Å². The molecule has 1 aromatic rings. The van der Waals surface area contributed by atoms with E-state index in [4.69, 9.17) is 15.3 Å². The molecule has 0 aliphatic carbocycles. The zero-order valence-electron chi connectivity index (χ0n) is 8.81. The second-order valence-corrected chi connectivity index (χ2v) is 3.53. The van der Waals surface area contributed by atoms with Gasteiger partial charge in [-0.2, -0.15) is 0 Å². The summed E-state index contributed by atoms with van der Waals surface area (Å²) in [7, 11) is 0. The summed E-state index contributed by atoms with van der Waals surface area (Å²) in [5, 5.41) is 26.3. The van der Waals surface area contributed by atoms with Crippen LogP contribution in [0.1, 0.15) is 28.8 Å². The Kier molecular flexibility index (Phi) is 4.03. The van der Waals surface area contributed by atoms with Gasteiger partial charge >= 0.3 is 11.9 Å². The third kappa shape index (κ3) is 3.44. The largest absolute Gasteiger partial charge is 0.504 e. The molecule has 0 amide bonds. The standard InChI is InChI=1S/C11H11FO5/c12-8-5-6(2-1-3-9(13)14)4-7(10(8)15)11(16)17/h4-5,15H,1-3H2,(H,13,14)(H,16,17). The monoisotopic (exact) mass is 242 g/mol. The van der Waals surface area contributed by atoms with Crippen molar-refractivity contribution in [1.82, 2.24) is 0 Å². The second-order valence-electron chi connectivity index (χ2n) is 3.53. The maximum absolute atomic E-state index is 13.2. The van der Waals surface area contributed by atoms with Crippen LogP contribution in [-0.2, 0) is 11.2 Å². The van der Waals surface area contributed by atoms with Gasteiger partial charge in [0.15, 0.2) is 11.6 Å². The number of carboxylic acids is 2. The van der Waals surface area contributed by atoms with Crippen LogP contribution in [0.25, 0.3) is 0 Å². The molecule has 0 aromatic heterocycles. The van der Waals surface area contributed by atoms with Gasteiger partial charge in [0, 0.05) is 6.42 Å². The number of carboxylic acid groups (broad SMARTS) is 2. The molecule has 1 aromatic carbocycles. The molecular weight excluding hydrogens is 231 g/mol. The van der Waals surface area contributed by atoms with Gasteiger partial charge < -0.3 is 15.3 Å². The van der Waals surface area contributed by atoms with E-state index in [0.29, 0.717) is 5.56 Å². The second kappa shape index (κ2) is 5.29. The van der Waals surface area contributed by atoms with E-state index < -0.39 is 29.1 Å². The first-order valence-corrected chi connectivity index (χ1v) is 4.88. The van der Waals surface area contributed by atoms with E-state index in [1.165, 1.54) is 0 Å². The fourth-order valence-electron chi connectivity index (χ4n) is 1.41. The van der Waals surface area contributed by atoms with Crippen LogP contribution in [0, 0.1) is 5.82 Å². The van der Waals surface area contributed by atoms with Crippen LogP contribution in [0.5, 0.6) is 5.75 Å². The number of aliphatic carboxylic acids is 1. The normalized spacial score (nSPS) is 10.2. The first-order chi connectivity index (χ1) is 7.91. The van der Waals surface area contributed by atoms with E-state index in [0.717, 1.165) is 12.1 Å². The molecule has 0 aliphatic heterocycles. The van der Waals surface area contributed by atoms with Gasteiger partial charge in [-0.15, -0.1) is 0 Å². The molecule has 92 valence electrons. The molecule has 0 spiro atoms. The summed E-state index contributed by atoms with van der Waals surface area (Å²) in [5.74, 6) is -4.32. The Bertz CT molecular complexity index is 455. The molecule has 0 fully saturated rings. The molecule has 0 saturated carbocycles. The highest BCUT2D eigenvalue weighted by molar-refractivity contribution is 5.91. The molecule has 0 radical (unpaired) electrons. The zero-order chi connectivity index (χ0) is 13.0. The van der Waals surface area contributed by atoms with E-state index in [-0.39, 0.29) is 19.3 Å². The lowest BCUT2D eigenvalue weighted by atomic mass is 10.0. The summed E-state index contributed by atoms with van der Waals surface area (Å²) in [6.45, 7) is 0. The average Bonchev–Trinajstić information content (AvgIpc) is 2.22. The maximum Gasteiger partial charge on any atom is 0.339 e. The average molecular weight is 242 g/mol. The number of halogens is 1. The molecule has 0 saturated heterocycles. The SMILES string of the molecule is O=C(O)CCCc1cc(F)c(O)c(C(=O)O)c1. The Morgan fingerprint density at radius 2 is 1.88 bits per heavy atom. The molecule has 3 N–H and O–H groups in total. The quantitative estimate of drug-likeness (QED) is 0.729. The zero-order valence-corrected chi connectivity index (χ0v) is 8.81. The molecule has 0 bridgehead atoms. The van der Waals surface area contributed by atoms with Crippen molar-refractivity contribution < 1.29 is 29.3 Å². The summed E-state index contributed by atoms with van der Waals surface area (Å²) >= 11 is 0. The van der Waals surface area contributed by atoms with Crippen molar-refractivity contribution in [1.29, 1.82) is 0 Å². The highest BCUT2D eigenvalue weighted by atomic mass is 19.1. The fourth-order valence-corrected chi connectivity index (χ4v) is 1.41. The maximum atomic E-state index is 13.2. The van der Waals surface area contributed by atoms with Crippen molar-refractivity contribution in [2.45, 2.75) is 19.3 Å². The summed E-state index contributed by atoms with van der Waals surface area (Å²) < 4.78 is 13.2. The lowest BCUT2D eigenvalue weighted by Gasteiger charge is -2.05. The summed E-state index contributed by atoms with van der Waals surface area (Å²) in [6.07, 6.45) is 0.438. The van der Waals surface area contributed by atoms with E-state index in [9.17, 15) is 14.0 Å². The first kappa shape index (κ1) is 13.0. The molecule has 0 unspecified atom stereocenters. The summed E-state index contributed by atoms with van der Waals surface area (Å²) in [4.78, 5) is 21.0. The molecule has 0 atom stereocenters. The molecule has 6 heteroatoms. The van der Waals surface area contributed by atoms with Crippen molar-refractivity contribution >= 4 is 11.9 Å². The van der Waals surface area contributed by atoms with Gasteiger partial charge in [-0.25, -0.2) is 9.18 Å². The Balaban J connectivity index is 2.87. The van der Waals surface area contributed by atoms with Gasteiger partial charge in [-0.05, 0) is 30.5 Å². The van der Waals surface area contributed by atoms with Gasteiger partial charge in [0.1, 0.15) is 5.56 Å². The van der Waals surface area contributed by atoms with Crippen LogP contribution < -0.4 is 0 Å². The Hall–Kier alpha value is -2.11. The van der Waals surface area contributed by atoms with E-state index in [1.807, 2.05) is 0 Å². The van der Waals surface area contributed by atoms with Gasteiger partial charge in [0.05, 0.1) is 0 Å². The van der Waals surface area contributed by atoms with Crippen molar-refractivity contribution in [2.24, 2.45) is 0 Å². The molecule has 0 heterocycles. The number of hydrogen-bond donors (Lipinski definition) is 3. The van der Waals surface area contributed by atoms with Crippen molar-refractivity contribution in [2.75, 3.05) is 0 Å². The highest BCUT2D eigenvalue weighted by Gasteiger charge is 2.15. The first-order valence-electron chi connectivity index (χ1n) is 4.88.